The SMILES string of the molecule is C=CCn1c(CCN2CCCCC2)nnc1SCC(=O)NC(C)c1ccccc1. The van der Waals surface area contributed by atoms with E-state index in [1.165, 1.54) is 44.1 Å². The molecule has 0 aliphatic carbocycles. The Morgan fingerprint density at radius 3 is 2.72 bits per heavy atom. The number of aromatic nitrogens is 3. The molecule has 0 saturated carbocycles. The van der Waals surface area contributed by atoms with Crippen LogP contribution in [-0.2, 0) is 17.8 Å². The molecule has 1 aliphatic rings. The minimum absolute atomic E-state index is 0.00521. The number of amides is 1. The average molecular weight is 414 g/mol. The molecular weight excluding hydrogens is 382 g/mol. The van der Waals surface area contributed by atoms with E-state index in [4.69, 9.17) is 0 Å². The Labute approximate surface area is 177 Å². The normalized spacial score (nSPS) is 15.8. The zero-order valence-electron chi connectivity index (χ0n) is 17.2. The monoisotopic (exact) mass is 413 g/mol. The number of rotatable bonds is 10. The molecule has 1 N–H and O–H groups in total. The quantitative estimate of drug-likeness (QED) is 0.477. The molecule has 0 bridgehead atoms. The summed E-state index contributed by atoms with van der Waals surface area (Å²) in [7, 11) is 0. The first-order chi connectivity index (χ1) is 14.2. The van der Waals surface area contributed by atoms with E-state index in [0.717, 1.165) is 29.5 Å². The molecule has 1 unspecified atom stereocenters. The van der Waals surface area contributed by atoms with Crippen LogP contribution >= 0.6 is 11.8 Å². The Hall–Kier alpha value is -2.12. The van der Waals surface area contributed by atoms with Crippen molar-refractivity contribution in [3.63, 3.8) is 0 Å². The summed E-state index contributed by atoms with van der Waals surface area (Å²) in [5, 5.41) is 12.6. The molecule has 1 amide bonds. The lowest BCUT2D eigenvalue weighted by atomic mass is 10.1. The van der Waals surface area contributed by atoms with Gasteiger partial charge < -0.3 is 14.8 Å². The largest absolute Gasteiger partial charge is 0.349 e. The highest BCUT2D eigenvalue weighted by Gasteiger charge is 2.16. The average Bonchev–Trinajstić information content (AvgIpc) is 3.14. The first-order valence-electron chi connectivity index (χ1n) is 10.4. The number of benzene rings is 1. The van der Waals surface area contributed by atoms with Crippen LogP contribution in [-0.4, -0.2) is 51.0 Å². The molecule has 2 heterocycles. The molecular formula is C22H31N5OS. The summed E-state index contributed by atoms with van der Waals surface area (Å²) < 4.78 is 2.08. The first-order valence-corrected chi connectivity index (χ1v) is 11.4. The third kappa shape index (κ3) is 6.44. The van der Waals surface area contributed by atoms with Crippen molar-refractivity contribution >= 4 is 17.7 Å². The van der Waals surface area contributed by atoms with E-state index in [9.17, 15) is 4.79 Å². The van der Waals surface area contributed by atoms with Crippen LogP contribution in [0.15, 0.2) is 48.1 Å². The first kappa shape index (κ1) is 21.6. The van der Waals surface area contributed by atoms with Crippen LogP contribution in [0.1, 0.15) is 43.6 Å². The number of nitrogens with zero attached hydrogens (tertiary/aromatic N) is 4. The standard InChI is InChI=1S/C22H31N5OS/c1-3-13-27-20(12-16-26-14-8-5-9-15-26)24-25-22(27)29-17-21(28)23-18(2)19-10-6-4-7-11-19/h3-4,6-7,10-11,18H,1,5,8-9,12-17H2,2H3,(H,23,28). The lowest BCUT2D eigenvalue weighted by Gasteiger charge is -2.26. The molecule has 1 fully saturated rings. The molecule has 2 aromatic rings. The van der Waals surface area contributed by atoms with Gasteiger partial charge >= 0.3 is 0 Å². The minimum Gasteiger partial charge on any atom is -0.349 e. The van der Waals surface area contributed by atoms with Gasteiger partial charge in [-0.1, -0.05) is 54.6 Å². The second kappa shape index (κ2) is 11.2. The number of thioether (sulfide) groups is 1. The highest BCUT2D eigenvalue weighted by Crippen LogP contribution is 2.19. The molecule has 7 heteroatoms. The summed E-state index contributed by atoms with van der Waals surface area (Å²) in [4.78, 5) is 14.9. The minimum atomic E-state index is -0.0181. The number of likely N-dealkylation sites (tertiary alicyclic amines) is 1. The maximum absolute atomic E-state index is 12.4. The van der Waals surface area contributed by atoms with E-state index in [0.29, 0.717) is 12.3 Å². The molecule has 1 aliphatic heterocycles. The number of nitrogens with one attached hydrogen (secondary N) is 1. The predicted molar refractivity (Wildman–Crippen MR) is 118 cm³/mol. The Morgan fingerprint density at radius 2 is 2.00 bits per heavy atom. The van der Waals surface area contributed by atoms with E-state index in [2.05, 4.69) is 31.6 Å². The van der Waals surface area contributed by atoms with E-state index in [1.807, 2.05) is 43.3 Å². The summed E-state index contributed by atoms with van der Waals surface area (Å²) in [6.07, 6.45) is 6.65. The fourth-order valence-electron chi connectivity index (χ4n) is 3.60. The van der Waals surface area contributed by atoms with Crippen molar-refractivity contribution in [3.05, 3.63) is 54.4 Å². The molecule has 0 spiro atoms. The van der Waals surface area contributed by atoms with E-state index < -0.39 is 0 Å². The zero-order chi connectivity index (χ0) is 20.5. The number of hydrogen-bond donors (Lipinski definition) is 1. The molecule has 1 saturated heterocycles. The van der Waals surface area contributed by atoms with E-state index in [1.54, 1.807) is 0 Å². The fourth-order valence-corrected chi connectivity index (χ4v) is 4.38. The Morgan fingerprint density at radius 1 is 1.24 bits per heavy atom. The molecule has 29 heavy (non-hydrogen) atoms. The fraction of sp³-hybridized carbons (Fsp3) is 0.500. The predicted octanol–water partition coefficient (Wildman–Crippen LogP) is 3.46. The second-order valence-electron chi connectivity index (χ2n) is 7.44. The summed E-state index contributed by atoms with van der Waals surface area (Å²) in [6.45, 7) is 9.88. The van der Waals surface area contributed by atoms with Crippen LogP contribution < -0.4 is 5.32 Å². The van der Waals surface area contributed by atoms with Crippen LogP contribution in [0.3, 0.4) is 0 Å². The Kier molecular flexibility index (Phi) is 8.31. The van der Waals surface area contributed by atoms with E-state index >= 15 is 0 Å². The molecule has 156 valence electrons. The highest BCUT2D eigenvalue weighted by atomic mass is 32.2. The van der Waals surface area contributed by atoms with Gasteiger partial charge in [-0.05, 0) is 38.4 Å². The van der Waals surface area contributed by atoms with Crippen LogP contribution in [0.4, 0.5) is 0 Å². The van der Waals surface area contributed by atoms with Gasteiger partial charge in [-0.3, -0.25) is 4.79 Å². The molecule has 1 atom stereocenters. The zero-order valence-corrected chi connectivity index (χ0v) is 18.0. The number of carbonyl (C=O) groups excluding carboxylic acids is 1. The van der Waals surface area contributed by atoms with E-state index in [-0.39, 0.29) is 11.9 Å². The van der Waals surface area contributed by atoms with Crippen molar-refractivity contribution in [2.45, 2.75) is 50.4 Å². The molecule has 6 nitrogen and oxygen atoms in total. The van der Waals surface area contributed by atoms with Gasteiger partial charge in [0.05, 0.1) is 11.8 Å². The maximum Gasteiger partial charge on any atom is 0.230 e. The van der Waals surface area contributed by atoms with Gasteiger partial charge in [0, 0.05) is 19.5 Å². The van der Waals surface area contributed by atoms with Crippen molar-refractivity contribution in [2.24, 2.45) is 0 Å². The van der Waals surface area contributed by atoms with Crippen molar-refractivity contribution in [3.8, 4) is 0 Å². The van der Waals surface area contributed by atoms with Crippen LogP contribution in [0.5, 0.6) is 0 Å². The van der Waals surface area contributed by atoms with Crippen molar-refractivity contribution < 1.29 is 4.79 Å². The summed E-state index contributed by atoms with van der Waals surface area (Å²) in [5.74, 6) is 1.28. The third-order valence-electron chi connectivity index (χ3n) is 5.21. The van der Waals surface area contributed by atoms with Gasteiger partial charge in [-0.2, -0.15) is 0 Å². The molecule has 0 radical (unpaired) electrons. The lowest BCUT2D eigenvalue weighted by molar-refractivity contribution is -0.119. The number of hydrogen-bond acceptors (Lipinski definition) is 5. The van der Waals surface area contributed by atoms with Gasteiger partial charge in [0.15, 0.2) is 5.16 Å². The van der Waals surface area contributed by atoms with Crippen molar-refractivity contribution in [1.29, 1.82) is 0 Å². The maximum atomic E-state index is 12.4. The van der Waals surface area contributed by atoms with Gasteiger partial charge in [0.1, 0.15) is 5.82 Å². The van der Waals surface area contributed by atoms with Gasteiger partial charge in [-0.25, -0.2) is 0 Å². The topological polar surface area (TPSA) is 63.1 Å². The van der Waals surface area contributed by atoms with Crippen LogP contribution in [0.2, 0.25) is 0 Å². The molecule has 3 rings (SSSR count). The second-order valence-corrected chi connectivity index (χ2v) is 8.38. The van der Waals surface area contributed by atoms with Gasteiger partial charge in [-0.15, -0.1) is 16.8 Å². The molecule has 1 aromatic carbocycles. The number of piperidine rings is 1. The van der Waals surface area contributed by atoms with Gasteiger partial charge in [0.25, 0.3) is 0 Å². The van der Waals surface area contributed by atoms with Crippen molar-refractivity contribution in [1.82, 2.24) is 25.0 Å². The summed E-state index contributed by atoms with van der Waals surface area (Å²) in [6, 6.07) is 9.96. The summed E-state index contributed by atoms with van der Waals surface area (Å²) >= 11 is 1.43. The number of carbonyl (C=O) groups is 1. The Balaban J connectivity index is 1.53. The molecule has 1 aromatic heterocycles. The highest BCUT2D eigenvalue weighted by molar-refractivity contribution is 7.99. The van der Waals surface area contributed by atoms with Gasteiger partial charge in [0.2, 0.25) is 5.91 Å². The lowest BCUT2D eigenvalue weighted by Crippen LogP contribution is -2.32. The summed E-state index contributed by atoms with van der Waals surface area (Å²) in [5.41, 5.74) is 1.10. The van der Waals surface area contributed by atoms with Crippen molar-refractivity contribution in [2.75, 3.05) is 25.4 Å². The smallest absolute Gasteiger partial charge is 0.230 e. The van der Waals surface area contributed by atoms with Crippen LogP contribution in [0.25, 0.3) is 0 Å². The number of allylic oxidation sites excluding steroid dienone is 1. The Bertz CT molecular complexity index is 786. The van der Waals surface area contributed by atoms with Crippen LogP contribution in [0, 0.1) is 0 Å². The third-order valence-corrected chi connectivity index (χ3v) is 6.18.